The number of hydrogen-bond donors (Lipinski definition) is 1. The van der Waals surface area contributed by atoms with Crippen molar-refractivity contribution in [3.8, 4) is 0 Å². The van der Waals surface area contributed by atoms with Crippen LogP contribution in [-0.4, -0.2) is 54.2 Å². The van der Waals surface area contributed by atoms with Crippen LogP contribution in [0, 0.1) is 11.3 Å². The number of amides is 1. The zero-order chi connectivity index (χ0) is 18.2. The second-order valence-electron chi connectivity index (χ2n) is 9.29. The van der Waals surface area contributed by atoms with Crippen LogP contribution in [0.3, 0.4) is 0 Å². The molecular formula is C21H22N2O4. The minimum atomic E-state index is -0.368. The van der Waals surface area contributed by atoms with E-state index in [0.717, 1.165) is 37.9 Å². The van der Waals surface area contributed by atoms with E-state index in [2.05, 4.69) is 28.4 Å². The Bertz CT molecular complexity index is 933. The van der Waals surface area contributed by atoms with Crippen molar-refractivity contribution < 1.29 is 19.1 Å². The summed E-state index contributed by atoms with van der Waals surface area (Å²) in [5.74, 6) is -0.174. The van der Waals surface area contributed by atoms with Crippen LogP contribution in [0.5, 0.6) is 0 Å². The zero-order valence-electron chi connectivity index (χ0n) is 15.2. The molecule has 7 aliphatic rings. The third-order valence-corrected chi connectivity index (χ3v) is 8.87. The summed E-state index contributed by atoms with van der Waals surface area (Å²) in [6, 6.07) is 8.57. The summed E-state index contributed by atoms with van der Waals surface area (Å²) in [6.07, 6.45) is 3.26. The highest BCUT2D eigenvalue weighted by Crippen LogP contribution is 2.76. The van der Waals surface area contributed by atoms with Crippen LogP contribution in [0.15, 0.2) is 24.3 Å². The van der Waals surface area contributed by atoms with Crippen molar-refractivity contribution in [3.05, 3.63) is 29.8 Å². The third kappa shape index (κ3) is 1.28. The average molecular weight is 366 g/mol. The van der Waals surface area contributed by atoms with Crippen molar-refractivity contribution >= 4 is 17.6 Å². The Morgan fingerprint density at radius 2 is 2.15 bits per heavy atom. The van der Waals surface area contributed by atoms with Gasteiger partial charge in [0.2, 0.25) is 0 Å². The molecule has 2 unspecified atom stereocenters. The smallest absolute Gasteiger partial charge is 0.311 e. The van der Waals surface area contributed by atoms with Gasteiger partial charge in [0.05, 0.1) is 24.6 Å². The van der Waals surface area contributed by atoms with Gasteiger partial charge in [-0.05, 0) is 37.3 Å². The fourth-order valence-electron chi connectivity index (χ4n) is 8.12. The number of epoxide rings is 1. The van der Waals surface area contributed by atoms with E-state index in [9.17, 15) is 9.59 Å². The molecule has 3 spiro atoms. The zero-order valence-corrected chi connectivity index (χ0v) is 15.2. The highest BCUT2D eigenvalue weighted by atomic mass is 16.6. The van der Waals surface area contributed by atoms with Gasteiger partial charge in [-0.1, -0.05) is 18.2 Å². The van der Waals surface area contributed by atoms with E-state index in [0.29, 0.717) is 0 Å². The van der Waals surface area contributed by atoms with E-state index < -0.39 is 0 Å². The van der Waals surface area contributed by atoms with Crippen molar-refractivity contribution in [2.75, 3.05) is 19.0 Å². The van der Waals surface area contributed by atoms with Crippen LogP contribution >= 0.6 is 0 Å². The molecule has 4 aliphatic heterocycles. The average Bonchev–Trinajstić information content (AvgIpc) is 3.32. The van der Waals surface area contributed by atoms with E-state index >= 15 is 0 Å². The van der Waals surface area contributed by atoms with Crippen LogP contribution in [0.4, 0.5) is 5.69 Å². The summed E-state index contributed by atoms with van der Waals surface area (Å²) in [6.45, 7) is 0.753. The quantitative estimate of drug-likeness (QED) is 0.602. The third-order valence-electron chi connectivity index (χ3n) is 8.87. The van der Waals surface area contributed by atoms with Crippen LogP contribution in [0.1, 0.15) is 31.2 Å². The van der Waals surface area contributed by atoms with Gasteiger partial charge in [0.15, 0.2) is 6.10 Å². The highest BCUT2D eigenvalue weighted by Gasteiger charge is 2.85. The molecule has 2 bridgehead atoms. The molecular weight excluding hydrogens is 344 g/mol. The minimum absolute atomic E-state index is 0.0283. The maximum absolute atomic E-state index is 13.0. The summed E-state index contributed by atoms with van der Waals surface area (Å²) in [5, 5.41) is 3.81. The fourth-order valence-corrected chi connectivity index (χ4v) is 8.12. The Balaban J connectivity index is 1.54. The number of para-hydroxylation sites is 1. The first-order chi connectivity index (χ1) is 13.1. The summed E-state index contributed by atoms with van der Waals surface area (Å²) >= 11 is 0. The van der Waals surface area contributed by atoms with E-state index in [4.69, 9.17) is 9.47 Å². The molecule has 0 aromatic heterocycles. The normalized spacial score (nSPS) is 49.7. The molecule has 6 heteroatoms. The first-order valence-electron chi connectivity index (χ1n) is 10.0. The van der Waals surface area contributed by atoms with E-state index in [-0.39, 0.29) is 52.4 Å². The van der Waals surface area contributed by atoms with Crippen LogP contribution in [0.25, 0.3) is 0 Å². The molecule has 0 radical (unpaired) electrons. The second kappa shape index (κ2) is 4.17. The van der Waals surface area contributed by atoms with E-state index in [1.54, 1.807) is 0 Å². The number of nitrogens with zero attached hydrogens (tertiary/aromatic N) is 1. The molecule has 3 saturated heterocycles. The lowest BCUT2D eigenvalue weighted by atomic mass is 9.39. The van der Waals surface area contributed by atoms with Gasteiger partial charge < -0.3 is 19.7 Å². The maximum atomic E-state index is 13.0. The Hall–Kier alpha value is -2.08. The predicted octanol–water partition coefficient (Wildman–Crippen LogP) is 1.44. The SMILES string of the molecule is COC(=O)[C@@H]1CC23CCC14Nc1ccccc1[C@@]41CCN(C(=O)[C@@H]4O[C@@H]42)[C@@H]31. The monoisotopic (exact) mass is 366 g/mol. The van der Waals surface area contributed by atoms with Gasteiger partial charge in [-0.25, -0.2) is 0 Å². The molecule has 7 atom stereocenters. The molecule has 8 rings (SSSR count). The number of rotatable bonds is 1. The van der Waals surface area contributed by atoms with E-state index in [1.807, 2.05) is 6.07 Å². The van der Waals surface area contributed by atoms with Gasteiger partial charge in [0, 0.05) is 23.1 Å². The Morgan fingerprint density at radius 1 is 1.30 bits per heavy atom. The van der Waals surface area contributed by atoms with Gasteiger partial charge in [-0.2, -0.15) is 0 Å². The van der Waals surface area contributed by atoms with Crippen LogP contribution < -0.4 is 5.32 Å². The summed E-state index contributed by atoms with van der Waals surface area (Å²) < 4.78 is 11.3. The molecule has 3 saturated carbocycles. The van der Waals surface area contributed by atoms with Gasteiger partial charge in [0.1, 0.15) is 6.10 Å². The standard InChI is InChI=1S/C21H22N2O4/c1-26-17(25)12-10-19-6-7-21(12)20(11-4-2-3-5-13(11)22-21)8-9-23(18(19)20)16(24)14-15(19)27-14/h2-5,12,14-15,18,22H,6-10H2,1H3/t12-,14+,15-,18-,19?,20+,21?/m0/s1. The van der Waals surface area contributed by atoms with Crippen molar-refractivity contribution in [2.45, 2.75) is 54.9 Å². The molecule has 140 valence electrons. The molecule has 3 aliphatic carbocycles. The number of nitrogens with one attached hydrogen (secondary N) is 1. The molecule has 1 N–H and O–H groups in total. The molecule has 6 fully saturated rings. The maximum Gasteiger partial charge on any atom is 0.311 e. The number of fused-ring (bicyclic) bond motifs is 4. The van der Waals surface area contributed by atoms with Crippen molar-refractivity contribution in [2.24, 2.45) is 11.3 Å². The number of carbonyl (C=O) groups is 2. The van der Waals surface area contributed by atoms with Gasteiger partial charge >= 0.3 is 5.97 Å². The topological polar surface area (TPSA) is 71.2 Å². The Kier molecular flexibility index (Phi) is 2.30. The Morgan fingerprint density at radius 3 is 3.00 bits per heavy atom. The molecule has 1 aromatic rings. The van der Waals surface area contributed by atoms with E-state index in [1.165, 1.54) is 12.7 Å². The first kappa shape index (κ1) is 14.9. The van der Waals surface area contributed by atoms with Gasteiger partial charge in [-0.15, -0.1) is 0 Å². The largest absolute Gasteiger partial charge is 0.469 e. The molecule has 1 aromatic carbocycles. The molecule has 6 nitrogen and oxygen atoms in total. The molecule has 27 heavy (non-hydrogen) atoms. The number of methoxy groups -OCH3 is 1. The van der Waals surface area contributed by atoms with Crippen molar-refractivity contribution in [1.29, 1.82) is 0 Å². The van der Waals surface area contributed by atoms with Gasteiger partial charge in [-0.3, -0.25) is 9.59 Å². The predicted molar refractivity (Wildman–Crippen MR) is 95.0 cm³/mol. The van der Waals surface area contributed by atoms with Crippen LogP contribution in [-0.2, 0) is 24.5 Å². The molecule has 4 heterocycles. The number of esters is 1. The summed E-state index contributed by atoms with van der Waals surface area (Å²) in [7, 11) is 1.49. The number of benzene rings is 1. The molecule has 1 amide bonds. The summed E-state index contributed by atoms with van der Waals surface area (Å²) in [5.41, 5.74) is 1.67. The lowest BCUT2D eigenvalue weighted by Crippen LogP contribution is -2.78. The lowest BCUT2D eigenvalue weighted by molar-refractivity contribution is -0.173. The first-order valence-corrected chi connectivity index (χ1v) is 10.0. The number of carbonyl (C=O) groups excluding carboxylic acids is 2. The number of hydrogen-bond acceptors (Lipinski definition) is 5. The number of ether oxygens (including phenoxy) is 2. The lowest BCUT2D eigenvalue weighted by Gasteiger charge is -2.67. The second-order valence-corrected chi connectivity index (χ2v) is 9.29. The number of anilines is 1. The highest BCUT2D eigenvalue weighted by molar-refractivity contribution is 5.89. The summed E-state index contributed by atoms with van der Waals surface area (Å²) in [4.78, 5) is 28.1. The van der Waals surface area contributed by atoms with Crippen LogP contribution in [0.2, 0.25) is 0 Å². The number of piperidine rings is 1. The van der Waals surface area contributed by atoms with Gasteiger partial charge in [0.25, 0.3) is 5.91 Å². The van der Waals surface area contributed by atoms with Crippen molar-refractivity contribution in [3.63, 3.8) is 0 Å². The Labute approximate surface area is 157 Å². The minimum Gasteiger partial charge on any atom is -0.469 e. The fraction of sp³-hybridized carbons (Fsp3) is 0.619. The van der Waals surface area contributed by atoms with Crippen molar-refractivity contribution in [1.82, 2.24) is 4.90 Å².